The van der Waals surface area contributed by atoms with Crippen LogP contribution in [0.5, 0.6) is 0 Å². The highest BCUT2D eigenvalue weighted by Gasteiger charge is 1.90. The Kier molecular flexibility index (Phi) is 11.7. The van der Waals surface area contributed by atoms with Gasteiger partial charge in [-0.2, -0.15) is 0 Å². The third-order valence-electron chi connectivity index (χ3n) is 2.03. The van der Waals surface area contributed by atoms with Crippen LogP contribution in [0.2, 0.25) is 0 Å². The fraction of sp³-hybridized carbons (Fsp3) is 1.00. The van der Waals surface area contributed by atoms with Gasteiger partial charge in [-0.05, 0) is 19.4 Å². The number of rotatable bonds is 10. The fourth-order valence-electron chi connectivity index (χ4n) is 1.26. The summed E-state index contributed by atoms with van der Waals surface area (Å²) in [5.41, 5.74) is 0. The fourth-order valence-corrected chi connectivity index (χ4v) is 1.26. The van der Waals surface area contributed by atoms with E-state index >= 15 is 0 Å². The van der Waals surface area contributed by atoms with E-state index in [0.29, 0.717) is 6.54 Å². The average molecular weight is 191 g/mol. The number of nitrogens with one attached hydrogen (secondary N) is 1. The van der Waals surface area contributed by atoms with Gasteiger partial charge in [-0.1, -0.05) is 25.7 Å². The Labute approximate surface area is 80.5 Å². The van der Waals surface area contributed by atoms with E-state index in [1.165, 1.54) is 12.8 Å². The lowest BCUT2D eigenvalue weighted by Crippen LogP contribution is -2.19. The standard InChI is InChI=1S/C10H22FNO/c11-7-5-3-1-2-4-6-8-12-9-10-13/h12-13H,1-10H2. The summed E-state index contributed by atoms with van der Waals surface area (Å²) >= 11 is 0. The largest absolute Gasteiger partial charge is 0.395 e. The smallest absolute Gasteiger partial charge is 0.0894 e. The Morgan fingerprint density at radius 1 is 0.846 bits per heavy atom. The average Bonchev–Trinajstić information content (AvgIpc) is 2.16. The molecule has 80 valence electrons. The molecule has 0 radical (unpaired) electrons. The number of unbranched alkanes of at least 4 members (excludes halogenated alkanes) is 5. The van der Waals surface area contributed by atoms with Crippen LogP contribution in [0, 0.1) is 0 Å². The quantitative estimate of drug-likeness (QED) is 0.517. The van der Waals surface area contributed by atoms with Gasteiger partial charge in [0.05, 0.1) is 13.3 Å². The molecule has 0 aliphatic rings. The summed E-state index contributed by atoms with van der Waals surface area (Å²) in [6, 6.07) is 0. The Morgan fingerprint density at radius 3 is 2.08 bits per heavy atom. The minimum atomic E-state index is -0.169. The first-order chi connectivity index (χ1) is 6.41. The maximum Gasteiger partial charge on any atom is 0.0894 e. The molecule has 0 fully saturated rings. The van der Waals surface area contributed by atoms with Gasteiger partial charge >= 0.3 is 0 Å². The first kappa shape index (κ1) is 12.8. The molecule has 0 aromatic heterocycles. The summed E-state index contributed by atoms with van der Waals surface area (Å²) in [5.74, 6) is 0. The van der Waals surface area contributed by atoms with Crippen molar-refractivity contribution in [3.8, 4) is 0 Å². The number of alkyl halides is 1. The molecule has 0 aliphatic heterocycles. The number of hydrogen-bond donors (Lipinski definition) is 2. The number of hydrogen-bond acceptors (Lipinski definition) is 2. The Balaban J connectivity index is 2.76. The monoisotopic (exact) mass is 191 g/mol. The molecule has 2 nitrogen and oxygen atoms in total. The van der Waals surface area contributed by atoms with Crippen molar-refractivity contribution in [2.24, 2.45) is 0 Å². The molecule has 0 spiro atoms. The van der Waals surface area contributed by atoms with Gasteiger partial charge in [0.25, 0.3) is 0 Å². The molecule has 0 saturated heterocycles. The first-order valence-electron chi connectivity index (χ1n) is 5.29. The maximum atomic E-state index is 11.7. The summed E-state index contributed by atoms with van der Waals surface area (Å²) in [7, 11) is 0. The number of halogens is 1. The van der Waals surface area contributed by atoms with Crippen molar-refractivity contribution < 1.29 is 9.50 Å². The van der Waals surface area contributed by atoms with Crippen molar-refractivity contribution >= 4 is 0 Å². The van der Waals surface area contributed by atoms with E-state index in [1.54, 1.807) is 0 Å². The van der Waals surface area contributed by atoms with Crippen LogP contribution in [0.15, 0.2) is 0 Å². The van der Waals surface area contributed by atoms with E-state index in [0.717, 1.165) is 32.2 Å². The molecule has 0 bridgehead atoms. The van der Waals surface area contributed by atoms with Crippen LogP contribution in [0.4, 0.5) is 4.39 Å². The molecule has 0 aromatic rings. The molecule has 0 rings (SSSR count). The van der Waals surface area contributed by atoms with E-state index in [9.17, 15) is 4.39 Å². The molecule has 0 heterocycles. The second-order valence-corrected chi connectivity index (χ2v) is 3.28. The lowest BCUT2D eigenvalue weighted by Gasteiger charge is -2.02. The molecule has 0 aliphatic carbocycles. The van der Waals surface area contributed by atoms with Gasteiger partial charge in [-0.15, -0.1) is 0 Å². The predicted octanol–water partition coefficient (Wildman–Crippen LogP) is 1.88. The van der Waals surface area contributed by atoms with E-state index in [-0.39, 0.29) is 13.3 Å². The van der Waals surface area contributed by atoms with Crippen molar-refractivity contribution in [1.82, 2.24) is 5.32 Å². The third kappa shape index (κ3) is 11.9. The van der Waals surface area contributed by atoms with E-state index in [4.69, 9.17) is 5.11 Å². The van der Waals surface area contributed by atoms with Crippen LogP contribution >= 0.6 is 0 Å². The Bertz CT molecular complexity index is 81.0. The highest BCUT2D eigenvalue weighted by molar-refractivity contribution is 4.48. The van der Waals surface area contributed by atoms with Gasteiger partial charge in [0.15, 0.2) is 0 Å². The minimum Gasteiger partial charge on any atom is -0.395 e. The topological polar surface area (TPSA) is 32.3 Å². The summed E-state index contributed by atoms with van der Waals surface area (Å²) in [5, 5.41) is 11.6. The molecule has 0 saturated carbocycles. The molecule has 13 heavy (non-hydrogen) atoms. The Morgan fingerprint density at radius 2 is 1.46 bits per heavy atom. The molecule has 2 N–H and O–H groups in total. The van der Waals surface area contributed by atoms with Crippen molar-refractivity contribution in [1.29, 1.82) is 0 Å². The zero-order chi connectivity index (χ0) is 9.78. The van der Waals surface area contributed by atoms with Gasteiger partial charge in [0, 0.05) is 6.54 Å². The van der Waals surface area contributed by atoms with Crippen LogP contribution < -0.4 is 5.32 Å². The van der Waals surface area contributed by atoms with E-state index < -0.39 is 0 Å². The normalized spacial score (nSPS) is 10.6. The summed E-state index contributed by atoms with van der Waals surface area (Å²) < 4.78 is 11.7. The highest BCUT2D eigenvalue weighted by Crippen LogP contribution is 2.04. The highest BCUT2D eigenvalue weighted by atomic mass is 19.1. The maximum absolute atomic E-state index is 11.7. The second-order valence-electron chi connectivity index (χ2n) is 3.28. The lowest BCUT2D eigenvalue weighted by molar-refractivity contribution is 0.292. The SMILES string of the molecule is OCCNCCCCCCCCF. The zero-order valence-electron chi connectivity index (χ0n) is 8.40. The predicted molar refractivity (Wildman–Crippen MR) is 53.6 cm³/mol. The van der Waals surface area contributed by atoms with Gasteiger partial charge in [-0.25, -0.2) is 0 Å². The molecule has 0 amide bonds. The van der Waals surface area contributed by atoms with Gasteiger partial charge in [-0.3, -0.25) is 4.39 Å². The van der Waals surface area contributed by atoms with Crippen molar-refractivity contribution in [2.75, 3.05) is 26.4 Å². The second kappa shape index (κ2) is 11.8. The van der Waals surface area contributed by atoms with Crippen LogP contribution in [0.25, 0.3) is 0 Å². The summed E-state index contributed by atoms with van der Waals surface area (Å²) in [4.78, 5) is 0. The molecule has 0 atom stereocenters. The Hall–Kier alpha value is -0.150. The van der Waals surface area contributed by atoms with Crippen molar-refractivity contribution in [3.05, 3.63) is 0 Å². The van der Waals surface area contributed by atoms with Crippen LogP contribution in [-0.2, 0) is 0 Å². The van der Waals surface area contributed by atoms with Gasteiger partial charge in [0.1, 0.15) is 0 Å². The molecule has 3 heteroatoms. The first-order valence-corrected chi connectivity index (χ1v) is 5.29. The van der Waals surface area contributed by atoms with Crippen LogP contribution in [-0.4, -0.2) is 31.5 Å². The zero-order valence-corrected chi connectivity index (χ0v) is 8.40. The third-order valence-corrected chi connectivity index (χ3v) is 2.03. The van der Waals surface area contributed by atoms with Crippen LogP contribution in [0.1, 0.15) is 38.5 Å². The van der Waals surface area contributed by atoms with Gasteiger partial charge < -0.3 is 10.4 Å². The van der Waals surface area contributed by atoms with Crippen molar-refractivity contribution in [3.63, 3.8) is 0 Å². The van der Waals surface area contributed by atoms with E-state index in [1.807, 2.05) is 0 Å². The molecule has 0 aromatic carbocycles. The van der Waals surface area contributed by atoms with E-state index in [2.05, 4.69) is 5.32 Å². The molecular weight excluding hydrogens is 169 g/mol. The van der Waals surface area contributed by atoms with Crippen molar-refractivity contribution in [2.45, 2.75) is 38.5 Å². The lowest BCUT2D eigenvalue weighted by atomic mass is 10.1. The van der Waals surface area contributed by atoms with Crippen LogP contribution in [0.3, 0.4) is 0 Å². The molecule has 0 unspecified atom stereocenters. The summed E-state index contributed by atoms with van der Waals surface area (Å²) in [6.45, 7) is 1.74. The minimum absolute atomic E-state index is 0.169. The van der Waals surface area contributed by atoms with Gasteiger partial charge in [0.2, 0.25) is 0 Å². The number of aliphatic hydroxyl groups excluding tert-OH is 1. The number of aliphatic hydroxyl groups is 1. The summed E-state index contributed by atoms with van der Waals surface area (Å²) in [6.07, 6.45) is 6.49. The molecular formula is C10H22FNO.